The highest BCUT2D eigenvalue weighted by Gasteiger charge is 2.29. The van der Waals surface area contributed by atoms with Crippen molar-refractivity contribution in [2.45, 2.75) is 24.3 Å². The van der Waals surface area contributed by atoms with E-state index in [1.807, 2.05) is 0 Å². The third-order valence-corrected chi connectivity index (χ3v) is 5.92. The molecular weight excluding hydrogens is 314 g/mol. The minimum absolute atomic E-state index is 0.0492. The standard InChI is InChI=1S/C12H13N3O4S2/c1-19-12(16)10-7-3-2-4-8(7)20-11(10)15-21(17,18)9-5-6-13-14-9/h5-6,15H,2-4H2,1H3,(H,13,14). The fraction of sp³-hybridized carbons (Fsp3) is 0.333. The molecule has 0 amide bonds. The molecule has 0 saturated carbocycles. The first-order valence-electron chi connectivity index (χ1n) is 6.28. The van der Waals surface area contributed by atoms with Crippen molar-refractivity contribution in [1.82, 2.24) is 10.2 Å². The Bertz CT molecular complexity index is 778. The van der Waals surface area contributed by atoms with Crippen molar-refractivity contribution in [1.29, 1.82) is 0 Å². The van der Waals surface area contributed by atoms with Crippen LogP contribution in [0.2, 0.25) is 0 Å². The molecule has 0 aromatic carbocycles. The zero-order valence-corrected chi connectivity index (χ0v) is 12.8. The van der Waals surface area contributed by atoms with Crippen molar-refractivity contribution in [3.63, 3.8) is 0 Å². The number of ether oxygens (including phenoxy) is 1. The van der Waals surface area contributed by atoms with Crippen LogP contribution in [0.25, 0.3) is 0 Å². The summed E-state index contributed by atoms with van der Waals surface area (Å²) in [5, 5.41) is 6.28. The molecule has 2 aromatic heterocycles. The van der Waals surface area contributed by atoms with Gasteiger partial charge >= 0.3 is 5.97 Å². The molecule has 1 aliphatic rings. The molecule has 7 nitrogen and oxygen atoms in total. The third-order valence-electron chi connectivity index (χ3n) is 3.30. The van der Waals surface area contributed by atoms with E-state index in [2.05, 4.69) is 14.9 Å². The van der Waals surface area contributed by atoms with Crippen LogP contribution in [0.1, 0.15) is 27.2 Å². The molecule has 0 radical (unpaired) electrons. The zero-order chi connectivity index (χ0) is 15.0. The van der Waals surface area contributed by atoms with Crippen LogP contribution in [0.4, 0.5) is 5.00 Å². The number of hydrogen-bond acceptors (Lipinski definition) is 6. The topological polar surface area (TPSA) is 101 Å². The van der Waals surface area contributed by atoms with Crippen molar-refractivity contribution in [2.75, 3.05) is 11.8 Å². The predicted octanol–water partition coefficient (Wildman–Crippen LogP) is 1.55. The van der Waals surface area contributed by atoms with Crippen LogP contribution in [0.5, 0.6) is 0 Å². The molecule has 0 fully saturated rings. The van der Waals surface area contributed by atoms with Crippen LogP contribution in [0, 0.1) is 0 Å². The van der Waals surface area contributed by atoms with Crippen molar-refractivity contribution in [3.05, 3.63) is 28.3 Å². The molecule has 0 spiro atoms. The number of H-pyrrole nitrogens is 1. The highest BCUT2D eigenvalue weighted by molar-refractivity contribution is 7.92. The molecular formula is C12H13N3O4S2. The first kappa shape index (κ1) is 14.1. The maximum absolute atomic E-state index is 12.2. The molecule has 1 aliphatic carbocycles. The number of fused-ring (bicyclic) bond motifs is 1. The quantitative estimate of drug-likeness (QED) is 0.830. The van der Waals surface area contributed by atoms with Crippen molar-refractivity contribution in [3.8, 4) is 0 Å². The second kappa shape index (κ2) is 5.15. The van der Waals surface area contributed by atoms with Gasteiger partial charge in [-0.05, 0) is 30.9 Å². The number of carbonyl (C=O) groups excluding carboxylic acids is 1. The molecule has 21 heavy (non-hydrogen) atoms. The van der Waals surface area contributed by atoms with Crippen LogP contribution in [0.3, 0.4) is 0 Å². The second-order valence-corrected chi connectivity index (χ2v) is 7.34. The van der Waals surface area contributed by atoms with Gasteiger partial charge in [-0.2, -0.15) is 13.5 Å². The lowest BCUT2D eigenvalue weighted by Crippen LogP contribution is -2.15. The fourth-order valence-corrected chi connectivity index (χ4v) is 4.86. The molecule has 112 valence electrons. The minimum Gasteiger partial charge on any atom is -0.465 e. The molecule has 2 aromatic rings. The Morgan fingerprint density at radius 1 is 1.48 bits per heavy atom. The van der Waals surface area contributed by atoms with Crippen LogP contribution < -0.4 is 4.72 Å². The Hall–Kier alpha value is -1.87. The molecule has 2 heterocycles. The van der Waals surface area contributed by atoms with E-state index < -0.39 is 16.0 Å². The van der Waals surface area contributed by atoms with Gasteiger partial charge in [0.15, 0.2) is 5.03 Å². The number of aromatic amines is 1. The summed E-state index contributed by atoms with van der Waals surface area (Å²) >= 11 is 1.29. The number of anilines is 1. The lowest BCUT2D eigenvalue weighted by molar-refractivity contribution is 0.0601. The van der Waals surface area contributed by atoms with Gasteiger partial charge in [-0.1, -0.05) is 0 Å². The van der Waals surface area contributed by atoms with Gasteiger partial charge in [0.2, 0.25) is 0 Å². The van der Waals surface area contributed by atoms with E-state index in [-0.39, 0.29) is 5.03 Å². The second-order valence-electron chi connectivity index (χ2n) is 4.58. The fourth-order valence-electron chi connectivity index (χ4n) is 2.36. The number of esters is 1. The molecule has 0 bridgehead atoms. The minimum atomic E-state index is -3.79. The number of methoxy groups -OCH3 is 1. The predicted molar refractivity (Wildman–Crippen MR) is 77.1 cm³/mol. The van der Waals surface area contributed by atoms with Crippen LogP contribution in [-0.4, -0.2) is 31.7 Å². The van der Waals surface area contributed by atoms with Crippen molar-refractivity contribution >= 4 is 32.3 Å². The summed E-state index contributed by atoms with van der Waals surface area (Å²) in [4.78, 5) is 13.0. The molecule has 0 saturated heterocycles. The Morgan fingerprint density at radius 2 is 2.29 bits per heavy atom. The number of nitrogens with zero attached hydrogens (tertiary/aromatic N) is 1. The van der Waals surface area contributed by atoms with Gasteiger partial charge < -0.3 is 4.74 Å². The molecule has 2 N–H and O–H groups in total. The SMILES string of the molecule is COC(=O)c1c(NS(=O)(=O)c2ccn[nH]2)sc2c1CCC2. The first-order chi connectivity index (χ1) is 10.0. The summed E-state index contributed by atoms with van der Waals surface area (Å²) < 4.78 is 31.7. The average Bonchev–Trinajstić information content (AvgIpc) is 3.13. The Labute approximate surface area is 125 Å². The van der Waals surface area contributed by atoms with Gasteiger partial charge in [0.25, 0.3) is 10.0 Å². The lowest BCUT2D eigenvalue weighted by Gasteiger charge is -2.07. The van der Waals surface area contributed by atoms with Crippen molar-refractivity contribution in [2.24, 2.45) is 0 Å². The highest BCUT2D eigenvalue weighted by Crippen LogP contribution is 2.40. The number of hydrogen-bond donors (Lipinski definition) is 2. The van der Waals surface area contributed by atoms with E-state index >= 15 is 0 Å². The summed E-state index contributed by atoms with van der Waals surface area (Å²) in [5.41, 5.74) is 1.23. The van der Waals surface area contributed by atoms with E-state index in [4.69, 9.17) is 4.74 Å². The van der Waals surface area contributed by atoms with Gasteiger partial charge in [0, 0.05) is 4.88 Å². The Morgan fingerprint density at radius 3 is 2.95 bits per heavy atom. The largest absolute Gasteiger partial charge is 0.465 e. The number of carbonyl (C=O) groups is 1. The number of sulfonamides is 1. The highest BCUT2D eigenvalue weighted by atomic mass is 32.2. The maximum atomic E-state index is 12.2. The summed E-state index contributed by atoms with van der Waals surface area (Å²) in [6.07, 6.45) is 3.95. The van der Waals surface area contributed by atoms with E-state index in [1.165, 1.54) is 30.7 Å². The molecule has 3 rings (SSSR count). The monoisotopic (exact) mass is 327 g/mol. The third kappa shape index (κ3) is 2.42. The lowest BCUT2D eigenvalue weighted by atomic mass is 10.1. The smallest absolute Gasteiger partial charge is 0.341 e. The number of thiophene rings is 1. The van der Waals surface area contributed by atoms with Gasteiger partial charge in [-0.15, -0.1) is 11.3 Å². The summed E-state index contributed by atoms with van der Waals surface area (Å²) in [7, 11) is -2.50. The van der Waals surface area contributed by atoms with Gasteiger partial charge in [-0.25, -0.2) is 4.79 Å². The van der Waals surface area contributed by atoms with Crippen LogP contribution in [0.15, 0.2) is 17.3 Å². The van der Waals surface area contributed by atoms with Crippen molar-refractivity contribution < 1.29 is 17.9 Å². The Kier molecular flexibility index (Phi) is 3.46. The number of rotatable bonds is 4. The normalized spacial score (nSPS) is 14.0. The molecule has 0 aliphatic heterocycles. The van der Waals surface area contributed by atoms with E-state index in [0.717, 1.165) is 29.7 Å². The van der Waals surface area contributed by atoms with Gasteiger partial charge in [-0.3, -0.25) is 9.82 Å². The van der Waals surface area contributed by atoms with Gasteiger partial charge in [0.05, 0.1) is 18.9 Å². The van der Waals surface area contributed by atoms with E-state index in [0.29, 0.717) is 10.6 Å². The van der Waals surface area contributed by atoms with E-state index in [9.17, 15) is 13.2 Å². The summed E-state index contributed by atoms with van der Waals surface area (Å²) in [5.74, 6) is -0.517. The molecule has 0 atom stereocenters. The first-order valence-corrected chi connectivity index (χ1v) is 8.58. The zero-order valence-electron chi connectivity index (χ0n) is 11.2. The van der Waals surface area contributed by atoms with E-state index in [1.54, 1.807) is 0 Å². The average molecular weight is 327 g/mol. The number of aromatic nitrogens is 2. The maximum Gasteiger partial charge on any atom is 0.341 e. The molecule has 9 heteroatoms. The Balaban J connectivity index is 2.02. The molecule has 0 unspecified atom stereocenters. The number of aryl methyl sites for hydroxylation is 1. The summed E-state index contributed by atoms with van der Waals surface area (Å²) in [6.45, 7) is 0. The summed E-state index contributed by atoms with van der Waals surface area (Å²) in [6, 6.07) is 1.35. The van der Waals surface area contributed by atoms with Crippen LogP contribution >= 0.6 is 11.3 Å². The van der Waals surface area contributed by atoms with Crippen LogP contribution in [-0.2, 0) is 27.6 Å². The van der Waals surface area contributed by atoms with Gasteiger partial charge in [0.1, 0.15) is 5.00 Å². The number of nitrogens with one attached hydrogen (secondary N) is 2.